The third-order valence-electron chi connectivity index (χ3n) is 2.84. The van der Waals surface area contributed by atoms with Crippen LogP contribution in [-0.2, 0) is 4.79 Å². The van der Waals surface area contributed by atoms with Crippen LogP contribution >= 0.6 is 11.6 Å². The molecule has 0 radical (unpaired) electrons. The van der Waals surface area contributed by atoms with Crippen molar-refractivity contribution in [2.45, 2.75) is 12.8 Å². The minimum atomic E-state index is -0.954. The Hall–Kier alpha value is -1.48. The third-order valence-corrected chi connectivity index (χ3v) is 3.14. The first kappa shape index (κ1) is 12.0. The second-order valence-electron chi connectivity index (χ2n) is 4.08. The van der Waals surface area contributed by atoms with Gasteiger partial charge in [0.2, 0.25) is 0 Å². The zero-order valence-electron chi connectivity index (χ0n) is 9.40. The molecule has 4 heteroatoms. The second-order valence-corrected chi connectivity index (χ2v) is 4.48. The maximum Gasteiger partial charge on any atom is 0.328 e. The zero-order chi connectivity index (χ0) is 12.3. The fourth-order valence-corrected chi connectivity index (χ4v) is 2.32. The summed E-state index contributed by atoms with van der Waals surface area (Å²) in [5.41, 5.74) is 1.84. The van der Waals surface area contributed by atoms with Crippen molar-refractivity contribution in [2.24, 2.45) is 0 Å². The number of aliphatic carboxylic acids is 1. The van der Waals surface area contributed by atoms with Gasteiger partial charge < -0.3 is 10.0 Å². The molecule has 0 atom stereocenters. The molecule has 0 aliphatic carbocycles. The van der Waals surface area contributed by atoms with E-state index in [2.05, 4.69) is 4.90 Å². The highest BCUT2D eigenvalue weighted by molar-refractivity contribution is 6.33. The van der Waals surface area contributed by atoms with Crippen molar-refractivity contribution in [3.05, 3.63) is 34.9 Å². The number of benzene rings is 1. The van der Waals surface area contributed by atoms with Crippen LogP contribution in [-0.4, -0.2) is 24.2 Å². The lowest BCUT2D eigenvalue weighted by molar-refractivity contribution is -0.131. The molecule has 0 spiro atoms. The van der Waals surface area contributed by atoms with Gasteiger partial charge in [-0.3, -0.25) is 0 Å². The quantitative estimate of drug-likeness (QED) is 0.840. The SMILES string of the molecule is O=C(O)/C=C/c1ccc(N2CCCC2)c(Cl)c1. The fourth-order valence-electron chi connectivity index (χ4n) is 2.01. The molecule has 1 aliphatic heterocycles. The molecule has 1 aliphatic rings. The molecule has 1 saturated heterocycles. The second kappa shape index (κ2) is 5.23. The van der Waals surface area contributed by atoms with Gasteiger partial charge >= 0.3 is 5.97 Å². The Kier molecular flexibility index (Phi) is 3.69. The monoisotopic (exact) mass is 251 g/mol. The van der Waals surface area contributed by atoms with Crippen LogP contribution in [0.3, 0.4) is 0 Å². The van der Waals surface area contributed by atoms with E-state index in [0.29, 0.717) is 5.02 Å². The third kappa shape index (κ3) is 3.01. The van der Waals surface area contributed by atoms with Gasteiger partial charge in [-0.1, -0.05) is 17.7 Å². The molecule has 0 bridgehead atoms. The number of hydrogen-bond acceptors (Lipinski definition) is 2. The minimum absolute atomic E-state index is 0.680. The Morgan fingerprint density at radius 1 is 1.35 bits per heavy atom. The summed E-state index contributed by atoms with van der Waals surface area (Å²) in [7, 11) is 0. The molecule has 1 fully saturated rings. The van der Waals surface area contributed by atoms with Gasteiger partial charge in [0.1, 0.15) is 0 Å². The van der Waals surface area contributed by atoms with Crippen LogP contribution in [0.5, 0.6) is 0 Å². The van der Waals surface area contributed by atoms with Gasteiger partial charge in [-0.25, -0.2) is 4.79 Å². The van der Waals surface area contributed by atoms with Crippen LogP contribution in [0.4, 0.5) is 5.69 Å². The summed E-state index contributed by atoms with van der Waals surface area (Å²) in [5, 5.41) is 9.22. The summed E-state index contributed by atoms with van der Waals surface area (Å²) in [4.78, 5) is 12.7. The lowest BCUT2D eigenvalue weighted by Crippen LogP contribution is -2.17. The van der Waals surface area contributed by atoms with Gasteiger partial charge in [-0.05, 0) is 36.6 Å². The molecular weight excluding hydrogens is 238 g/mol. The van der Waals surface area contributed by atoms with E-state index >= 15 is 0 Å². The lowest BCUT2D eigenvalue weighted by Gasteiger charge is -2.19. The molecular formula is C13H14ClNO2. The van der Waals surface area contributed by atoms with E-state index in [9.17, 15) is 4.79 Å². The molecule has 1 aromatic carbocycles. The number of carboxylic acid groups (broad SMARTS) is 1. The van der Waals surface area contributed by atoms with Crippen LogP contribution in [0, 0.1) is 0 Å². The molecule has 3 nitrogen and oxygen atoms in total. The number of nitrogens with zero attached hydrogens (tertiary/aromatic N) is 1. The van der Waals surface area contributed by atoms with Gasteiger partial charge in [0.15, 0.2) is 0 Å². The van der Waals surface area contributed by atoms with Gasteiger partial charge in [0.25, 0.3) is 0 Å². The average molecular weight is 252 g/mol. The lowest BCUT2D eigenvalue weighted by atomic mass is 10.2. The number of carbonyl (C=O) groups is 1. The first-order chi connectivity index (χ1) is 8.16. The first-order valence-corrected chi connectivity index (χ1v) is 6.00. The highest BCUT2D eigenvalue weighted by atomic mass is 35.5. The summed E-state index contributed by atoms with van der Waals surface area (Å²) < 4.78 is 0. The zero-order valence-corrected chi connectivity index (χ0v) is 10.2. The van der Waals surface area contributed by atoms with Crippen molar-refractivity contribution in [3.63, 3.8) is 0 Å². The van der Waals surface area contributed by atoms with Crippen molar-refractivity contribution in [1.82, 2.24) is 0 Å². The van der Waals surface area contributed by atoms with Crippen LogP contribution < -0.4 is 4.90 Å². The molecule has 1 aromatic rings. The van der Waals surface area contributed by atoms with Crippen molar-refractivity contribution in [1.29, 1.82) is 0 Å². The summed E-state index contributed by atoms with van der Waals surface area (Å²) in [6.07, 6.45) is 5.07. The van der Waals surface area contributed by atoms with Gasteiger partial charge in [-0.2, -0.15) is 0 Å². The summed E-state index contributed by atoms with van der Waals surface area (Å²) in [5.74, 6) is -0.954. The Balaban J connectivity index is 2.19. The standard InChI is InChI=1S/C13H14ClNO2/c14-11-9-10(4-6-13(16)17)3-5-12(11)15-7-1-2-8-15/h3-6,9H,1-2,7-8H2,(H,16,17)/b6-4+. The molecule has 0 amide bonds. The Morgan fingerprint density at radius 2 is 2.06 bits per heavy atom. The summed E-state index contributed by atoms with van der Waals surface area (Å²) >= 11 is 6.20. The number of carboxylic acids is 1. The topological polar surface area (TPSA) is 40.5 Å². The van der Waals surface area contributed by atoms with Crippen LogP contribution in [0.1, 0.15) is 18.4 Å². The van der Waals surface area contributed by atoms with E-state index in [1.165, 1.54) is 12.8 Å². The Bertz CT molecular complexity index is 451. The van der Waals surface area contributed by atoms with E-state index in [1.807, 2.05) is 12.1 Å². The normalized spacial score (nSPS) is 15.7. The van der Waals surface area contributed by atoms with Gasteiger partial charge in [0.05, 0.1) is 10.7 Å². The molecule has 0 saturated carbocycles. The van der Waals surface area contributed by atoms with Crippen molar-refractivity contribution < 1.29 is 9.90 Å². The van der Waals surface area contributed by atoms with Crippen molar-refractivity contribution >= 4 is 29.3 Å². The predicted molar refractivity (Wildman–Crippen MR) is 69.6 cm³/mol. The number of anilines is 1. The fraction of sp³-hybridized carbons (Fsp3) is 0.308. The maximum absolute atomic E-state index is 10.4. The van der Waals surface area contributed by atoms with E-state index in [-0.39, 0.29) is 0 Å². The summed E-state index contributed by atoms with van der Waals surface area (Å²) in [6, 6.07) is 5.64. The molecule has 0 unspecified atom stereocenters. The van der Waals surface area contributed by atoms with E-state index < -0.39 is 5.97 Å². The van der Waals surface area contributed by atoms with Gasteiger partial charge in [-0.15, -0.1) is 0 Å². The molecule has 1 N–H and O–H groups in total. The molecule has 2 rings (SSSR count). The van der Waals surface area contributed by atoms with Crippen LogP contribution in [0.2, 0.25) is 5.02 Å². The van der Waals surface area contributed by atoms with E-state index in [1.54, 1.807) is 12.1 Å². The maximum atomic E-state index is 10.4. The number of halogens is 1. The van der Waals surface area contributed by atoms with E-state index in [0.717, 1.165) is 30.4 Å². The largest absolute Gasteiger partial charge is 0.478 e. The van der Waals surface area contributed by atoms with Crippen molar-refractivity contribution in [3.8, 4) is 0 Å². The molecule has 1 heterocycles. The minimum Gasteiger partial charge on any atom is -0.478 e. The molecule has 0 aromatic heterocycles. The van der Waals surface area contributed by atoms with Crippen molar-refractivity contribution in [2.75, 3.05) is 18.0 Å². The van der Waals surface area contributed by atoms with E-state index in [4.69, 9.17) is 16.7 Å². The first-order valence-electron chi connectivity index (χ1n) is 5.62. The highest BCUT2D eigenvalue weighted by Crippen LogP contribution is 2.29. The smallest absolute Gasteiger partial charge is 0.328 e. The van der Waals surface area contributed by atoms with Crippen LogP contribution in [0.15, 0.2) is 24.3 Å². The Morgan fingerprint density at radius 3 is 2.65 bits per heavy atom. The van der Waals surface area contributed by atoms with Crippen LogP contribution in [0.25, 0.3) is 6.08 Å². The van der Waals surface area contributed by atoms with Gasteiger partial charge in [0, 0.05) is 19.2 Å². The molecule has 90 valence electrons. The Labute approximate surface area is 105 Å². The predicted octanol–water partition coefficient (Wildman–Crippen LogP) is 3.04. The highest BCUT2D eigenvalue weighted by Gasteiger charge is 2.14. The average Bonchev–Trinajstić information content (AvgIpc) is 2.79. The summed E-state index contributed by atoms with van der Waals surface area (Å²) in [6.45, 7) is 2.09. The number of hydrogen-bond donors (Lipinski definition) is 1. The molecule has 17 heavy (non-hydrogen) atoms. The number of rotatable bonds is 3.